The van der Waals surface area contributed by atoms with Gasteiger partial charge in [-0.2, -0.15) is 0 Å². The molecule has 5 rings (SSSR count). The van der Waals surface area contributed by atoms with Gasteiger partial charge < -0.3 is 38.5 Å². The first kappa shape index (κ1) is 34.3. The Morgan fingerprint density at radius 2 is 1.84 bits per heavy atom. The fraction of sp³-hybridized carbons (Fsp3) is 0.576. The number of hydrogen-bond acceptors (Lipinski definition) is 11. The molecule has 2 atom stereocenters. The summed E-state index contributed by atoms with van der Waals surface area (Å²) in [6.07, 6.45) is 4.04. The number of amides is 1. The van der Waals surface area contributed by atoms with Gasteiger partial charge in [0.15, 0.2) is 17.1 Å². The van der Waals surface area contributed by atoms with Gasteiger partial charge in [-0.1, -0.05) is 12.7 Å². The summed E-state index contributed by atoms with van der Waals surface area (Å²) in [4.78, 5) is 29.7. The van der Waals surface area contributed by atoms with E-state index >= 15 is 0 Å². The lowest BCUT2D eigenvalue weighted by molar-refractivity contribution is -0.151. The maximum absolute atomic E-state index is 12.8. The van der Waals surface area contributed by atoms with Crippen LogP contribution in [0.1, 0.15) is 43.5 Å². The second kappa shape index (κ2) is 15.1. The number of nitrogens with zero attached hydrogens (tertiary/aromatic N) is 2. The van der Waals surface area contributed by atoms with Crippen molar-refractivity contribution < 1.29 is 42.7 Å². The molecular formula is C33H47N3O9. The molecule has 4 heterocycles. The summed E-state index contributed by atoms with van der Waals surface area (Å²) in [6.45, 7) is 14.1. The average Bonchev–Trinajstić information content (AvgIpc) is 3.59. The van der Waals surface area contributed by atoms with Crippen molar-refractivity contribution in [3.8, 4) is 17.2 Å². The van der Waals surface area contributed by atoms with Crippen molar-refractivity contribution >= 4 is 11.9 Å². The van der Waals surface area contributed by atoms with Crippen LogP contribution in [0, 0.1) is 0 Å². The lowest BCUT2D eigenvalue weighted by Gasteiger charge is -2.45. The number of rotatable bonds is 10. The molecule has 0 spiro atoms. The van der Waals surface area contributed by atoms with E-state index in [0.29, 0.717) is 55.7 Å². The van der Waals surface area contributed by atoms with E-state index in [1.54, 1.807) is 40.6 Å². The Morgan fingerprint density at radius 3 is 2.44 bits per heavy atom. The summed E-state index contributed by atoms with van der Waals surface area (Å²) in [5.74, 6) is 1.38. The molecule has 45 heavy (non-hydrogen) atoms. The first-order valence-corrected chi connectivity index (χ1v) is 15.1. The molecular weight excluding hydrogens is 582 g/mol. The van der Waals surface area contributed by atoms with Crippen LogP contribution in [0.4, 0.5) is 0 Å². The van der Waals surface area contributed by atoms with Crippen molar-refractivity contribution in [1.29, 1.82) is 0 Å². The van der Waals surface area contributed by atoms with Gasteiger partial charge in [0, 0.05) is 55.6 Å². The van der Waals surface area contributed by atoms with Gasteiger partial charge in [0.25, 0.3) is 0 Å². The minimum atomic E-state index is -0.872. The Labute approximate surface area is 265 Å². The molecule has 1 aromatic rings. The fourth-order valence-corrected chi connectivity index (χ4v) is 6.32. The van der Waals surface area contributed by atoms with Crippen LogP contribution in [0.3, 0.4) is 0 Å². The number of ether oxygens (including phenoxy) is 7. The van der Waals surface area contributed by atoms with E-state index in [4.69, 9.17) is 33.2 Å². The van der Waals surface area contributed by atoms with Crippen LogP contribution in [-0.4, -0.2) is 108 Å². The number of morpholine rings is 1. The molecule has 12 heteroatoms. The number of hydrogen-bond donors (Lipinski definition) is 1. The molecule has 1 N–H and O–H groups in total. The van der Waals surface area contributed by atoms with Gasteiger partial charge in [0.05, 0.1) is 52.9 Å². The Kier molecular flexibility index (Phi) is 11.5. The van der Waals surface area contributed by atoms with E-state index in [1.165, 1.54) is 0 Å². The average molecular weight is 630 g/mol. The first-order valence-electron chi connectivity index (χ1n) is 15.1. The van der Waals surface area contributed by atoms with Crippen LogP contribution in [0.15, 0.2) is 35.6 Å². The molecule has 12 nitrogen and oxygen atoms in total. The Bertz CT molecular complexity index is 1340. The van der Waals surface area contributed by atoms with E-state index in [0.717, 1.165) is 53.9 Å². The highest BCUT2D eigenvalue weighted by molar-refractivity contribution is 5.92. The zero-order valence-corrected chi connectivity index (χ0v) is 27.6. The maximum atomic E-state index is 12.8. The van der Waals surface area contributed by atoms with Crippen LogP contribution in [0.25, 0.3) is 0 Å². The number of methoxy groups -OCH3 is 3. The summed E-state index contributed by atoms with van der Waals surface area (Å²) in [5, 5.41) is 3.09. The van der Waals surface area contributed by atoms with Gasteiger partial charge in [-0.25, -0.2) is 4.79 Å². The smallest absolute Gasteiger partial charge is 0.334 e. The molecule has 0 radical (unpaired) electrons. The molecule has 1 fully saturated rings. The monoisotopic (exact) mass is 629 g/mol. The second-order valence-corrected chi connectivity index (χ2v) is 11.6. The third-order valence-electron chi connectivity index (χ3n) is 8.88. The molecule has 0 saturated carbocycles. The molecule has 4 aliphatic rings. The zero-order valence-electron chi connectivity index (χ0n) is 27.6. The van der Waals surface area contributed by atoms with Crippen LogP contribution < -0.4 is 19.5 Å². The highest BCUT2D eigenvalue weighted by Crippen LogP contribution is 2.56. The standard InChI is InChI=1S/C26H35N3O7.C7H12O2/c1-15-16(2)26(3,36-25(15)31)24-20-17(6-7-28(24)4)18(21-23(22(20)32-5)35-14-34-21)12-27-19(30)13-29-8-10-33-11-9-29;1-4-7(5-8-2)6-9-3/h24H,6-14H2,1-5H3,(H,27,30);4-5H,1,6H2,2-3H3/b;7-5-. The van der Waals surface area contributed by atoms with Crippen molar-refractivity contribution in [2.75, 3.05) is 81.2 Å². The van der Waals surface area contributed by atoms with Gasteiger partial charge in [-0.05, 0) is 45.4 Å². The van der Waals surface area contributed by atoms with Crippen LogP contribution in [0.2, 0.25) is 0 Å². The molecule has 1 saturated heterocycles. The summed E-state index contributed by atoms with van der Waals surface area (Å²) >= 11 is 0. The van der Waals surface area contributed by atoms with E-state index < -0.39 is 5.60 Å². The summed E-state index contributed by atoms with van der Waals surface area (Å²) in [5.41, 5.74) is 4.45. The molecule has 248 valence electrons. The number of esters is 1. The van der Waals surface area contributed by atoms with E-state index in [-0.39, 0.29) is 24.7 Å². The first-order chi connectivity index (χ1) is 21.6. The highest BCUT2D eigenvalue weighted by atomic mass is 16.7. The van der Waals surface area contributed by atoms with Gasteiger partial charge in [0.2, 0.25) is 18.4 Å². The van der Waals surface area contributed by atoms with Crippen molar-refractivity contribution in [3.05, 3.63) is 52.3 Å². The SMILES string of the molecule is C=C/C(=C/OC)COC.COc1c2c(c(CNC(=O)CN3CCOCC3)c3c1C(C1(C)OC(=O)C(C)=C1C)N(C)CC3)OCO2. The molecule has 0 aromatic heterocycles. The molecule has 4 aliphatic heterocycles. The number of likely N-dealkylation sites (N-methyl/N-ethyl adjacent to an activating group) is 1. The van der Waals surface area contributed by atoms with Gasteiger partial charge in [-0.3, -0.25) is 14.6 Å². The third-order valence-corrected chi connectivity index (χ3v) is 8.88. The Morgan fingerprint density at radius 1 is 1.13 bits per heavy atom. The third kappa shape index (κ3) is 7.14. The summed E-state index contributed by atoms with van der Waals surface area (Å²) in [6, 6.07) is -0.296. The van der Waals surface area contributed by atoms with E-state index in [1.807, 2.05) is 20.9 Å². The number of benzene rings is 1. The molecule has 2 unspecified atom stereocenters. The lowest BCUT2D eigenvalue weighted by Crippen LogP contribution is -2.48. The second-order valence-electron chi connectivity index (χ2n) is 11.6. The van der Waals surface area contributed by atoms with Crippen molar-refractivity contribution in [2.24, 2.45) is 0 Å². The number of carbonyl (C=O) groups excluding carboxylic acids is 2. The predicted octanol–water partition coefficient (Wildman–Crippen LogP) is 2.90. The highest BCUT2D eigenvalue weighted by Gasteiger charge is 2.52. The number of nitrogens with one attached hydrogen (secondary N) is 1. The van der Waals surface area contributed by atoms with Crippen LogP contribution in [0.5, 0.6) is 17.2 Å². The quantitative estimate of drug-likeness (QED) is 0.234. The number of cyclic esters (lactones) is 1. The number of fused-ring (bicyclic) bond motifs is 2. The van der Waals surface area contributed by atoms with Gasteiger partial charge in [0.1, 0.15) is 0 Å². The lowest BCUT2D eigenvalue weighted by atomic mass is 9.77. The zero-order chi connectivity index (χ0) is 32.7. The molecule has 0 aliphatic carbocycles. The minimum Gasteiger partial charge on any atom is -0.504 e. The number of carbonyl (C=O) groups is 2. The molecule has 1 aromatic carbocycles. The van der Waals surface area contributed by atoms with Crippen molar-refractivity contribution in [1.82, 2.24) is 15.1 Å². The Hall–Kier alpha value is -3.58. The van der Waals surface area contributed by atoms with E-state index in [2.05, 4.69) is 21.7 Å². The van der Waals surface area contributed by atoms with Crippen molar-refractivity contribution in [3.63, 3.8) is 0 Å². The summed E-state index contributed by atoms with van der Waals surface area (Å²) in [7, 11) is 6.87. The van der Waals surface area contributed by atoms with Crippen LogP contribution in [-0.2, 0) is 41.5 Å². The van der Waals surface area contributed by atoms with Crippen molar-refractivity contribution in [2.45, 2.75) is 45.4 Å². The molecule has 0 bridgehead atoms. The fourth-order valence-electron chi connectivity index (χ4n) is 6.32. The van der Waals surface area contributed by atoms with E-state index in [9.17, 15) is 9.59 Å². The predicted molar refractivity (Wildman–Crippen MR) is 167 cm³/mol. The Balaban J connectivity index is 0.000000448. The molecule has 1 amide bonds. The maximum Gasteiger partial charge on any atom is 0.334 e. The minimum absolute atomic E-state index is 0.0512. The summed E-state index contributed by atoms with van der Waals surface area (Å²) < 4.78 is 38.7. The normalized spacial score (nSPS) is 23.1. The van der Waals surface area contributed by atoms with Gasteiger partial charge >= 0.3 is 5.97 Å². The van der Waals surface area contributed by atoms with Gasteiger partial charge in [-0.15, -0.1) is 0 Å². The largest absolute Gasteiger partial charge is 0.504 e. The topological polar surface area (TPSA) is 117 Å². The van der Waals surface area contributed by atoms with Crippen LogP contribution >= 0.6 is 0 Å².